The highest BCUT2D eigenvalue weighted by molar-refractivity contribution is 5.99. The van der Waals surface area contributed by atoms with Crippen molar-refractivity contribution in [1.82, 2.24) is 31.5 Å². The maximum Gasteiger partial charge on any atom is 0.328 e. The second-order valence-corrected chi connectivity index (χ2v) is 13.5. The zero-order valence-electron chi connectivity index (χ0n) is 31.6. The number of carboxylic acids is 1. The summed E-state index contributed by atoms with van der Waals surface area (Å²) in [4.78, 5) is 140. The number of amides is 10. The van der Waals surface area contributed by atoms with Gasteiger partial charge in [0.1, 0.15) is 42.0 Å². The Labute approximate surface area is 335 Å². The lowest BCUT2D eigenvalue weighted by Gasteiger charge is -2.30. The Morgan fingerprint density at radius 2 is 1.15 bits per heavy atom. The first-order chi connectivity index (χ1) is 27.6. The maximum absolute atomic E-state index is 14.0. The van der Waals surface area contributed by atoms with Crippen LogP contribution < -0.4 is 55.3 Å². The first kappa shape index (κ1) is 48.3. The number of phenolic OH excluding ortho intramolecular Hbond substituents is 1. The van der Waals surface area contributed by atoms with Gasteiger partial charge in [-0.05, 0) is 37.0 Å². The molecule has 1 aliphatic heterocycles. The Morgan fingerprint density at radius 3 is 1.66 bits per heavy atom. The Kier molecular flexibility index (Phi) is 18.6. The van der Waals surface area contributed by atoms with Crippen LogP contribution in [0.25, 0.3) is 0 Å². The number of aliphatic carboxylic acids is 1. The predicted octanol–water partition coefficient (Wildman–Crippen LogP) is -7.35. The van der Waals surface area contributed by atoms with Crippen molar-refractivity contribution in [2.75, 3.05) is 13.2 Å². The van der Waals surface area contributed by atoms with E-state index in [1.54, 1.807) is 0 Å². The standard InChI is InChI=1S/C34H49N11O14/c35-17(11-25(37)49)28(52)41-19(10-15-3-5-16(47)6-4-15)29(53)42-20(12-26(38)50)30(54)40-18(7-8-24(36)48)33(57)45-9-1-2-23(45)32(56)43-21(13-27(39)51)31(55)44-22(14-46)34(58)59/h3-6,17-23,46-47H,1-2,7-14,35H2,(H2,36,48)(H2,37,49)(H2,38,50)(H2,39,51)(H,40,54)(H,41,52)(H,42,53)(H,43,56)(H,44,55)(H,58,59)/t17-,18-,19+,20+,21+,22-,23-/m0/s1. The molecule has 18 N–H and O–H groups in total. The third-order valence-electron chi connectivity index (χ3n) is 8.77. The summed E-state index contributed by atoms with van der Waals surface area (Å²) in [5.41, 5.74) is 27.1. The van der Waals surface area contributed by atoms with Crippen LogP contribution in [0.5, 0.6) is 5.75 Å². The first-order valence-electron chi connectivity index (χ1n) is 18.0. The van der Waals surface area contributed by atoms with E-state index >= 15 is 0 Å². The summed E-state index contributed by atoms with van der Waals surface area (Å²) >= 11 is 0. The minimum absolute atomic E-state index is 0.00897. The smallest absolute Gasteiger partial charge is 0.328 e. The number of aliphatic hydroxyl groups is 1. The molecule has 10 amide bonds. The molecule has 0 aromatic heterocycles. The van der Waals surface area contributed by atoms with Crippen LogP contribution >= 0.6 is 0 Å². The Morgan fingerprint density at radius 1 is 0.661 bits per heavy atom. The molecule has 0 radical (unpaired) electrons. The molecule has 7 atom stereocenters. The van der Waals surface area contributed by atoms with E-state index in [9.17, 15) is 63.0 Å². The van der Waals surface area contributed by atoms with Crippen LogP contribution in [0.15, 0.2) is 24.3 Å². The van der Waals surface area contributed by atoms with Gasteiger partial charge in [0.05, 0.1) is 31.9 Å². The van der Waals surface area contributed by atoms with Crippen LogP contribution in [0.4, 0.5) is 0 Å². The van der Waals surface area contributed by atoms with Gasteiger partial charge in [-0.2, -0.15) is 0 Å². The second kappa shape index (κ2) is 22.7. The van der Waals surface area contributed by atoms with Crippen LogP contribution in [-0.2, 0) is 59.2 Å². The number of carboxylic acid groups (broad SMARTS) is 1. The van der Waals surface area contributed by atoms with Gasteiger partial charge in [0.25, 0.3) is 0 Å². The van der Waals surface area contributed by atoms with Crippen LogP contribution in [0, 0.1) is 0 Å². The molecule has 1 aliphatic rings. The summed E-state index contributed by atoms with van der Waals surface area (Å²) in [6, 6.07) is -5.94. The molecule has 0 spiro atoms. The minimum atomic E-state index is -1.82. The van der Waals surface area contributed by atoms with E-state index < -0.39 is 146 Å². The van der Waals surface area contributed by atoms with E-state index in [1.165, 1.54) is 24.3 Å². The number of benzene rings is 1. The van der Waals surface area contributed by atoms with Crippen molar-refractivity contribution in [2.45, 2.75) is 93.7 Å². The zero-order valence-corrected chi connectivity index (χ0v) is 31.6. The van der Waals surface area contributed by atoms with E-state index in [1.807, 2.05) is 5.32 Å². The topological polar surface area (TPSA) is 442 Å². The number of carbonyl (C=O) groups is 11. The van der Waals surface area contributed by atoms with Crippen molar-refractivity contribution in [3.05, 3.63) is 29.8 Å². The molecule has 0 aliphatic carbocycles. The molecular weight excluding hydrogens is 786 g/mol. The van der Waals surface area contributed by atoms with Gasteiger partial charge in [0.15, 0.2) is 0 Å². The summed E-state index contributed by atoms with van der Waals surface area (Å²) in [7, 11) is 0. The zero-order chi connectivity index (χ0) is 44.6. The molecule has 0 saturated carbocycles. The largest absolute Gasteiger partial charge is 0.508 e. The Balaban J connectivity index is 2.37. The highest BCUT2D eigenvalue weighted by Crippen LogP contribution is 2.20. The third-order valence-corrected chi connectivity index (χ3v) is 8.77. The SMILES string of the molecule is NC(=O)CC[C@H](NC(=O)[C@@H](CC(N)=O)NC(=O)[C@@H](Cc1ccc(O)cc1)NC(=O)[C@@H](N)CC(N)=O)C(=O)N1CCC[C@H]1C(=O)N[C@H](CC(N)=O)C(=O)N[C@@H](CO)C(=O)O. The van der Waals surface area contributed by atoms with Gasteiger partial charge in [-0.25, -0.2) is 4.79 Å². The molecule has 1 aromatic carbocycles. The lowest BCUT2D eigenvalue weighted by molar-refractivity contribution is -0.144. The number of hydrogen-bond donors (Lipinski definition) is 13. The van der Waals surface area contributed by atoms with E-state index in [-0.39, 0.29) is 31.6 Å². The second-order valence-electron chi connectivity index (χ2n) is 13.5. The molecule has 0 unspecified atom stereocenters. The van der Waals surface area contributed by atoms with Crippen LogP contribution in [0.3, 0.4) is 0 Å². The van der Waals surface area contributed by atoms with Crippen molar-refractivity contribution >= 4 is 65.0 Å². The minimum Gasteiger partial charge on any atom is -0.508 e. The van der Waals surface area contributed by atoms with E-state index in [4.69, 9.17) is 33.8 Å². The number of rotatable bonds is 24. The number of nitrogens with two attached hydrogens (primary N) is 5. The molecule has 1 saturated heterocycles. The van der Waals surface area contributed by atoms with Crippen molar-refractivity contribution < 1.29 is 68.1 Å². The number of likely N-dealkylation sites (tertiary alicyclic amines) is 1. The quantitative estimate of drug-likeness (QED) is 0.0460. The van der Waals surface area contributed by atoms with Gasteiger partial charge < -0.3 is 75.5 Å². The van der Waals surface area contributed by atoms with Gasteiger partial charge in [0, 0.05) is 19.4 Å². The van der Waals surface area contributed by atoms with E-state index in [0.29, 0.717) is 5.56 Å². The van der Waals surface area contributed by atoms with Crippen molar-refractivity contribution in [1.29, 1.82) is 0 Å². The molecule has 25 heteroatoms. The fourth-order valence-corrected chi connectivity index (χ4v) is 5.80. The maximum atomic E-state index is 14.0. The lowest BCUT2D eigenvalue weighted by atomic mass is 10.0. The van der Waals surface area contributed by atoms with Gasteiger partial charge in [0.2, 0.25) is 59.1 Å². The molecule has 25 nitrogen and oxygen atoms in total. The fraction of sp³-hybridized carbons (Fsp3) is 0.500. The number of aliphatic hydroxyl groups excluding tert-OH is 1. The van der Waals surface area contributed by atoms with Gasteiger partial charge >= 0.3 is 5.97 Å². The first-order valence-corrected chi connectivity index (χ1v) is 18.0. The molecule has 0 bridgehead atoms. The summed E-state index contributed by atoms with van der Waals surface area (Å²) in [5, 5.41) is 39.3. The summed E-state index contributed by atoms with van der Waals surface area (Å²) < 4.78 is 0. The van der Waals surface area contributed by atoms with Crippen molar-refractivity contribution in [2.24, 2.45) is 28.7 Å². The highest BCUT2D eigenvalue weighted by atomic mass is 16.4. The molecule has 1 fully saturated rings. The molecule has 1 heterocycles. The monoisotopic (exact) mass is 835 g/mol. The average Bonchev–Trinajstić information content (AvgIpc) is 3.64. The number of nitrogens with one attached hydrogen (secondary N) is 5. The molecular formula is C34H49N11O14. The number of hydrogen-bond acceptors (Lipinski definition) is 14. The molecule has 1 aromatic rings. The number of nitrogens with zero attached hydrogens (tertiary/aromatic N) is 1. The summed E-state index contributed by atoms with van der Waals surface area (Å²) in [6.45, 7) is -1.13. The molecule has 59 heavy (non-hydrogen) atoms. The average molecular weight is 836 g/mol. The summed E-state index contributed by atoms with van der Waals surface area (Å²) in [6.07, 6.45) is -3.27. The highest BCUT2D eigenvalue weighted by Gasteiger charge is 2.40. The van der Waals surface area contributed by atoms with Gasteiger partial charge in [-0.3, -0.25) is 47.9 Å². The van der Waals surface area contributed by atoms with Crippen LogP contribution in [0.2, 0.25) is 0 Å². The van der Waals surface area contributed by atoms with Gasteiger partial charge in [-0.1, -0.05) is 12.1 Å². The third kappa shape index (κ3) is 15.9. The van der Waals surface area contributed by atoms with E-state index in [2.05, 4.69) is 21.3 Å². The van der Waals surface area contributed by atoms with E-state index in [0.717, 1.165) is 4.90 Å². The molecule has 324 valence electrons. The predicted molar refractivity (Wildman–Crippen MR) is 199 cm³/mol. The lowest BCUT2D eigenvalue weighted by Crippen LogP contribution is -2.60. The van der Waals surface area contributed by atoms with Crippen LogP contribution in [-0.4, -0.2) is 141 Å². The summed E-state index contributed by atoms with van der Waals surface area (Å²) in [5.74, 6) is -12.1. The van der Waals surface area contributed by atoms with Crippen LogP contribution in [0.1, 0.15) is 50.5 Å². The van der Waals surface area contributed by atoms with Gasteiger partial charge in [-0.15, -0.1) is 0 Å². The fourth-order valence-electron chi connectivity index (χ4n) is 5.80. The number of carbonyl (C=O) groups excluding carboxylic acids is 10. The number of primary amides is 4. The normalized spacial score (nSPS) is 16.4. The number of phenols is 1. The molecule has 2 rings (SSSR count). The van der Waals surface area contributed by atoms with Crippen molar-refractivity contribution in [3.8, 4) is 5.75 Å². The number of aromatic hydroxyl groups is 1. The Hall–Kier alpha value is -6.89. The van der Waals surface area contributed by atoms with Crippen molar-refractivity contribution in [3.63, 3.8) is 0 Å². The Bertz CT molecular complexity index is 1780.